The highest BCUT2D eigenvalue weighted by Crippen LogP contribution is 2.34. The lowest BCUT2D eigenvalue weighted by Crippen LogP contribution is -2.31. The van der Waals surface area contributed by atoms with Crippen molar-refractivity contribution in [2.24, 2.45) is 17.1 Å². The van der Waals surface area contributed by atoms with E-state index in [2.05, 4.69) is 25.8 Å². The van der Waals surface area contributed by atoms with Gasteiger partial charge in [-0.05, 0) is 35.8 Å². The molecule has 0 bridgehead atoms. The van der Waals surface area contributed by atoms with Crippen molar-refractivity contribution < 1.29 is 4.79 Å². The molecule has 1 unspecified atom stereocenters. The molecule has 116 valence electrons. The number of pyridine rings is 1. The summed E-state index contributed by atoms with van der Waals surface area (Å²) < 4.78 is 0. The van der Waals surface area contributed by atoms with E-state index in [0.717, 1.165) is 30.6 Å². The van der Waals surface area contributed by atoms with E-state index in [1.807, 2.05) is 17.0 Å². The molecule has 1 aromatic heterocycles. The number of hydrogen-bond acceptors (Lipinski definition) is 3. The van der Waals surface area contributed by atoms with Gasteiger partial charge in [0.25, 0.3) is 0 Å². The zero-order valence-electron chi connectivity index (χ0n) is 13.4. The predicted octanol–water partition coefficient (Wildman–Crippen LogP) is 2.72. The summed E-state index contributed by atoms with van der Waals surface area (Å²) in [5.41, 5.74) is 7.97. The standard InChI is InChI=1S/C17H27N3O/c1-17(2,3)14-6-7-16(21)20(10-8-14)12-13-5-4-9-19-15(13)11-18/h4-5,9,14H,6-8,10-12,18H2,1-3H3. The summed E-state index contributed by atoms with van der Waals surface area (Å²) in [7, 11) is 0. The molecule has 0 aliphatic carbocycles. The molecule has 1 saturated heterocycles. The highest BCUT2D eigenvalue weighted by Gasteiger charge is 2.30. The molecule has 0 saturated carbocycles. The molecule has 2 heterocycles. The van der Waals surface area contributed by atoms with Crippen molar-refractivity contribution in [2.75, 3.05) is 6.54 Å². The monoisotopic (exact) mass is 289 g/mol. The summed E-state index contributed by atoms with van der Waals surface area (Å²) in [5, 5.41) is 0. The molecule has 1 aliphatic rings. The zero-order valence-corrected chi connectivity index (χ0v) is 13.4. The fourth-order valence-corrected chi connectivity index (χ4v) is 3.07. The number of hydrogen-bond donors (Lipinski definition) is 1. The molecule has 1 atom stereocenters. The zero-order chi connectivity index (χ0) is 15.5. The number of carbonyl (C=O) groups excluding carboxylic acids is 1. The Labute approximate surface area is 127 Å². The fraction of sp³-hybridized carbons (Fsp3) is 0.647. The van der Waals surface area contributed by atoms with Gasteiger partial charge in [-0.15, -0.1) is 0 Å². The smallest absolute Gasteiger partial charge is 0.222 e. The molecule has 1 fully saturated rings. The molecule has 1 amide bonds. The van der Waals surface area contributed by atoms with Crippen molar-refractivity contribution >= 4 is 5.91 Å². The van der Waals surface area contributed by atoms with Crippen LogP contribution in [0.3, 0.4) is 0 Å². The van der Waals surface area contributed by atoms with Crippen LogP contribution in [0.25, 0.3) is 0 Å². The molecular formula is C17H27N3O. The Balaban J connectivity index is 2.08. The van der Waals surface area contributed by atoms with Gasteiger partial charge in [-0.25, -0.2) is 0 Å². The van der Waals surface area contributed by atoms with Gasteiger partial charge in [0.15, 0.2) is 0 Å². The Bertz CT molecular complexity index is 493. The van der Waals surface area contributed by atoms with Gasteiger partial charge in [-0.3, -0.25) is 9.78 Å². The summed E-state index contributed by atoms with van der Waals surface area (Å²) in [6.07, 6.45) is 4.48. The molecule has 4 heteroatoms. The topological polar surface area (TPSA) is 59.2 Å². The molecule has 21 heavy (non-hydrogen) atoms. The van der Waals surface area contributed by atoms with E-state index in [0.29, 0.717) is 25.4 Å². The minimum absolute atomic E-state index is 0.258. The van der Waals surface area contributed by atoms with Crippen LogP contribution >= 0.6 is 0 Å². The minimum Gasteiger partial charge on any atom is -0.338 e. The van der Waals surface area contributed by atoms with Crippen LogP contribution in [0.2, 0.25) is 0 Å². The number of aromatic nitrogens is 1. The predicted molar refractivity (Wildman–Crippen MR) is 84.3 cm³/mol. The largest absolute Gasteiger partial charge is 0.338 e. The normalized spacial score (nSPS) is 20.5. The Morgan fingerprint density at radius 1 is 1.38 bits per heavy atom. The lowest BCUT2D eigenvalue weighted by Gasteiger charge is -2.29. The first-order chi connectivity index (χ1) is 9.91. The van der Waals surface area contributed by atoms with Crippen molar-refractivity contribution in [3.63, 3.8) is 0 Å². The van der Waals surface area contributed by atoms with Gasteiger partial charge in [0.05, 0.1) is 5.69 Å². The Kier molecular flexibility index (Phi) is 4.99. The highest BCUT2D eigenvalue weighted by atomic mass is 16.2. The van der Waals surface area contributed by atoms with Crippen LogP contribution in [0.4, 0.5) is 0 Å². The summed E-state index contributed by atoms with van der Waals surface area (Å²) >= 11 is 0. The Hall–Kier alpha value is -1.42. The van der Waals surface area contributed by atoms with Crippen molar-refractivity contribution in [2.45, 2.75) is 53.1 Å². The third-order valence-corrected chi connectivity index (χ3v) is 4.57. The number of nitrogens with zero attached hydrogens (tertiary/aromatic N) is 2. The number of rotatable bonds is 3. The van der Waals surface area contributed by atoms with Crippen LogP contribution in [0, 0.1) is 11.3 Å². The number of likely N-dealkylation sites (tertiary alicyclic amines) is 1. The number of carbonyl (C=O) groups is 1. The highest BCUT2D eigenvalue weighted by molar-refractivity contribution is 5.76. The maximum atomic E-state index is 12.4. The van der Waals surface area contributed by atoms with Crippen LogP contribution in [0.15, 0.2) is 18.3 Å². The Morgan fingerprint density at radius 3 is 2.81 bits per heavy atom. The van der Waals surface area contributed by atoms with Gasteiger partial charge in [0.2, 0.25) is 5.91 Å². The fourth-order valence-electron chi connectivity index (χ4n) is 3.07. The number of amides is 1. The lowest BCUT2D eigenvalue weighted by molar-refractivity contribution is -0.131. The molecule has 0 aromatic carbocycles. The summed E-state index contributed by atoms with van der Waals surface area (Å²) in [4.78, 5) is 18.6. The third-order valence-electron chi connectivity index (χ3n) is 4.57. The van der Waals surface area contributed by atoms with Gasteiger partial charge in [-0.2, -0.15) is 0 Å². The SMILES string of the molecule is CC(C)(C)C1CCC(=O)N(Cc2cccnc2CN)CC1. The van der Waals surface area contributed by atoms with Gasteiger partial charge >= 0.3 is 0 Å². The van der Waals surface area contributed by atoms with Crippen LogP contribution in [0.5, 0.6) is 0 Å². The first kappa shape index (κ1) is 16.0. The van der Waals surface area contributed by atoms with E-state index in [1.54, 1.807) is 6.20 Å². The molecule has 2 rings (SSSR count). The first-order valence-electron chi connectivity index (χ1n) is 7.82. The molecule has 4 nitrogen and oxygen atoms in total. The van der Waals surface area contributed by atoms with Gasteiger partial charge < -0.3 is 10.6 Å². The van der Waals surface area contributed by atoms with E-state index < -0.39 is 0 Å². The van der Waals surface area contributed by atoms with Gasteiger partial charge in [0.1, 0.15) is 0 Å². The van der Waals surface area contributed by atoms with E-state index in [9.17, 15) is 4.79 Å². The van der Waals surface area contributed by atoms with Crippen LogP contribution in [0.1, 0.15) is 51.3 Å². The Morgan fingerprint density at radius 2 is 2.14 bits per heavy atom. The van der Waals surface area contributed by atoms with E-state index >= 15 is 0 Å². The van der Waals surface area contributed by atoms with Crippen molar-refractivity contribution in [1.29, 1.82) is 0 Å². The van der Waals surface area contributed by atoms with Crippen molar-refractivity contribution in [3.05, 3.63) is 29.6 Å². The molecule has 1 aromatic rings. The maximum Gasteiger partial charge on any atom is 0.222 e. The average molecular weight is 289 g/mol. The second kappa shape index (κ2) is 6.56. The molecule has 1 aliphatic heterocycles. The minimum atomic E-state index is 0.258. The van der Waals surface area contributed by atoms with E-state index in [1.165, 1.54) is 0 Å². The van der Waals surface area contributed by atoms with Crippen molar-refractivity contribution in [3.8, 4) is 0 Å². The second-order valence-electron chi connectivity index (χ2n) is 7.02. The summed E-state index contributed by atoms with van der Waals surface area (Å²) in [6.45, 7) is 8.70. The first-order valence-corrected chi connectivity index (χ1v) is 7.82. The van der Waals surface area contributed by atoms with Crippen LogP contribution in [-0.2, 0) is 17.9 Å². The quantitative estimate of drug-likeness (QED) is 0.930. The summed E-state index contributed by atoms with van der Waals surface area (Å²) in [5.74, 6) is 0.864. The second-order valence-corrected chi connectivity index (χ2v) is 7.02. The average Bonchev–Trinajstić information content (AvgIpc) is 2.62. The van der Waals surface area contributed by atoms with Gasteiger partial charge in [-0.1, -0.05) is 26.8 Å². The lowest BCUT2D eigenvalue weighted by atomic mass is 9.77. The van der Waals surface area contributed by atoms with Crippen molar-refractivity contribution in [1.82, 2.24) is 9.88 Å². The summed E-state index contributed by atoms with van der Waals surface area (Å²) in [6, 6.07) is 3.93. The molecule has 0 radical (unpaired) electrons. The molecule has 0 spiro atoms. The molecular weight excluding hydrogens is 262 g/mol. The maximum absolute atomic E-state index is 12.4. The van der Waals surface area contributed by atoms with E-state index in [4.69, 9.17) is 5.73 Å². The molecule has 2 N–H and O–H groups in total. The number of nitrogens with two attached hydrogens (primary N) is 1. The van der Waals surface area contributed by atoms with Gasteiger partial charge in [0, 0.05) is 32.3 Å². The van der Waals surface area contributed by atoms with Crippen LogP contribution in [-0.4, -0.2) is 22.3 Å². The van der Waals surface area contributed by atoms with E-state index in [-0.39, 0.29) is 11.3 Å². The van der Waals surface area contributed by atoms with Crippen LogP contribution < -0.4 is 5.73 Å². The third kappa shape index (κ3) is 4.03.